The van der Waals surface area contributed by atoms with Gasteiger partial charge in [-0.15, -0.1) is 0 Å². The molecule has 2 heterocycles. The lowest BCUT2D eigenvalue weighted by Gasteiger charge is -2.19. The number of nitrogens with two attached hydrogens (primary N) is 1. The second kappa shape index (κ2) is 10.7. The maximum atomic E-state index is 13.4. The van der Waals surface area contributed by atoms with Crippen LogP contribution in [-0.4, -0.2) is 40.1 Å². The van der Waals surface area contributed by atoms with Gasteiger partial charge in [-0.05, 0) is 43.7 Å². The lowest BCUT2D eigenvalue weighted by molar-refractivity contribution is 0.100. The van der Waals surface area contributed by atoms with Gasteiger partial charge in [0.25, 0.3) is 15.9 Å². The van der Waals surface area contributed by atoms with Crippen molar-refractivity contribution in [3.63, 3.8) is 0 Å². The van der Waals surface area contributed by atoms with Crippen molar-refractivity contribution in [1.29, 1.82) is 0 Å². The number of H-pyrrole nitrogens is 1. The van der Waals surface area contributed by atoms with Crippen LogP contribution in [0.3, 0.4) is 0 Å². The normalized spacial score (nSPS) is 12.4. The topological polar surface area (TPSA) is 157 Å². The number of primary amides is 1. The summed E-state index contributed by atoms with van der Waals surface area (Å²) in [5.74, 6) is -5.03. The van der Waals surface area contributed by atoms with Crippen LogP contribution in [0.2, 0.25) is 0 Å². The summed E-state index contributed by atoms with van der Waals surface area (Å²) in [5, 5.41) is 14.1. The van der Waals surface area contributed by atoms with E-state index in [0.29, 0.717) is 16.9 Å². The maximum absolute atomic E-state index is 13.4. The van der Waals surface area contributed by atoms with Gasteiger partial charge < -0.3 is 15.8 Å². The highest BCUT2D eigenvalue weighted by molar-refractivity contribution is 7.93. The number of carbonyl (C=O) groups excluding carboxylic acids is 1. The summed E-state index contributed by atoms with van der Waals surface area (Å²) in [4.78, 5) is 12.4. The Morgan fingerprint density at radius 3 is 2.44 bits per heavy atom. The first kappa shape index (κ1) is 27.5. The van der Waals surface area contributed by atoms with Crippen molar-refractivity contribution in [1.82, 2.24) is 20.0 Å². The van der Waals surface area contributed by atoms with E-state index in [1.165, 1.54) is 42.5 Å². The molecule has 0 aliphatic rings. The van der Waals surface area contributed by atoms with Gasteiger partial charge in [-0.1, -0.05) is 18.2 Å². The van der Waals surface area contributed by atoms with Gasteiger partial charge in [0.2, 0.25) is 0 Å². The molecule has 1 amide bonds. The third-order valence-electron chi connectivity index (χ3n) is 5.68. The number of aryl methyl sites for hydroxylation is 2. The molecule has 0 fully saturated rings. The molecule has 11 nitrogen and oxygen atoms in total. The molecule has 4 aromatic rings. The number of hydrogen-bond acceptors (Lipinski definition) is 7. The van der Waals surface area contributed by atoms with Crippen molar-refractivity contribution in [2.75, 3.05) is 10.0 Å². The van der Waals surface area contributed by atoms with E-state index >= 15 is 0 Å². The molecule has 1 unspecified atom stereocenters. The zero-order valence-electron chi connectivity index (χ0n) is 20.9. The lowest BCUT2D eigenvalue weighted by Crippen LogP contribution is -2.21. The molecule has 0 aliphatic heterocycles. The second-order valence-electron chi connectivity index (χ2n) is 8.54. The fraction of sp³-hybridized carbons (Fsp3) is 0.208. The van der Waals surface area contributed by atoms with Crippen LogP contribution in [0.25, 0.3) is 11.3 Å². The zero-order chi connectivity index (χ0) is 28.5. The SMILES string of the molecule is Cc1nn(C)cc1Nc1n[nH]c(-c2ccc(NS(=O)(=O)C(F)F)c(OC(C)c3ccc(F)cc3)c2)c1C(N)=O. The molecule has 0 aliphatic carbocycles. The van der Waals surface area contributed by atoms with Crippen LogP contribution in [0.15, 0.2) is 48.7 Å². The molecule has 0 spiro atoms. The van der Waals surface area contributed by atoms with E-state index in [2.05, 4.69) is 20.6 Å². The van der Waals surface area contributed by atoms with Gasteiger partial charge in [0.1, 0.15) is 23.2 Å². The highest BCUT2D eigenvalue weighted by Gasteiger charge is 2.27. The van der Waals surface area contributed by atoms with Crippen molar-refractivity contribution in [3.05, 3.63) is 71.3 Å². The minimum atomic E-state index is -5.04. The Morgan fingerprint density at radius 2 is 1.85 bits per heavy atom. The van der Waals surface area contributed by atoms with E-state index in [0.717, 1.165) is 0 Å². The smallest absolute Gasteiger partial charge is 0.355 e. The molecule has 39 heavy (non-hydrogen) atoms. The predicted molar refractivity (Wildman–Crippen MR) is 138 cm³/mol. The summed E-state index contributed by atoms with van der Waals surface area (Å²) in [6, 6.07) is 9.27. The van der Waals surface area contributed by atoms with Crippen LogP contribution >= 0.6 is 0 Å². The standard InChI is InChI=1S/C24H24F3N7O4S/c1-12-18(11-34(3)32-12)29-23-20(22(28)35)21(30-31-23)15-6-9-17(33-39(36,37)24(26)27)19(10-15)38-13(2)14-4-7-16(25)8-5-14/h4-11,13,24,33H,1-3H3,(H2,28,35)(H2,29,30,31). The number of nitrogens with zero attached hydrogens (tertiary/aromatic N) is 3. The number of benzene rings is 2. The minimum absolute atomic E-state index is 0.0169. The summed E-state index contributed by atoms with van der Waals surface area (Å²) in [7, 11) is -3.31. The lowest BCUT2D eigenvalue weighted by atomic mass is 10.1. The van der Waals surface area contributed by atoms with Gasteiger partial charge in [-0.25, -0.2) is 12.8 Å². The molecule has 206 valence electrons. The number of halogens is 3. The molecule has 4 rings (SSSR count). The van der Waals surface area contributed by atoms with Gasteiger partial charge in [-0.3, -0.25) is 19.3 Å². The van der Waals surface area contributed by atoms with Gasteiger partial charge in [0.05, 0.1) is 22.8 Å². The van der Waals surface area contributed by atoms with Gasteiger partial charge in [-0.2, -0.15) is 19.0 Å². The van der Waals surface area contributed by atoms with Crippen molar-refractivity contribution in [2.45, 2.75) is 25.7 Å². The Labute approximate surface area is 221 Å². The molecule has 2 aromatic carbocycles. The summed E-state index contributed by atoms with van der Waals surface area (Å²) >= 11 is 0. The number of sulfonamides is 1. The molecule has 0 saturated carbocycles. The predicted octanol–water partition coefficient (Wildman–Crippen LogP) is 4.20. The van der Waals surface area contributed by atoms with Crippen LogP contribution < -0.4 is 20.5 Å². The fourth-order valence-electron chi connectivity index (χ4n) is 3.78. The summed E-state index contributed by atoms with van der Waals surface area (Å²) in [6.45, 7) is 3.36. The number of nitrogens with one attached hydrogen (secondary N) is 3. The van der Waals surface area contributed by atoms with Crippen LogP contribution in [0, 0.1) is 12.7 Å². The number of ether oxygens (including phenoxy) is 1. The molecule has 2 aromatic heterocycles. The Balaban J connectivity index is 1.76. The Bertz CT molecular complexity index is 1620. The largest absolute Gasteiger partial charge is 0.484 e. The number of amides is 1. The number of alkyl halides is 2. The van der Waals surface area contributed by atoms with E-state index in [-0.39, 0.29) is 34.1 Å². The third-order valence-corrected chi connectivity index (χ3v) is 6.65. The van der Waals surface area contributed by atoms with Crippen molar-refractivity contribution in [3.8, 4) is 17.0 Å². The van der Waals surface area contributed by atoms with E-state index in [9.17, 15) is 26.4 Å². The zero-order valence-corrected chi connectivity index (χ0v) is 21.7. The Kier molecular flexibility index (Phi) is 7.53. The molecular formula is C24H24F3N7O4S. The number of aromatic amines is 1. The molecule has 0 radical (unpaired) electrons. The molecular weight excluding hydrogens is 539 g/mol. The van der Waals surface area contributed by atoms with E-state index < -0.39 is 33.6 Å². The first-order chi connectivity index (χ1) is 18.4. The van der Waals surface area contributed by atoms with E-state index in [4.69, 9.17) is 10.5 Å². The van der Waals surface area contributed by atoms with Crippen LogP contribution in [0.4, 0.5) is 30.4 Å². The number of rotatable bonds is 10. The van der Waals surface area contributed by atoms with Gasteiger partial charge in [0.15, 0.2) is 5.82 Å². The van der Waals surface area contributed by atoms with E-state index in [1.807, 2.05) is 4.72 Å². The first-order valence-electron chi connectivity index (χ1n) is 11.4. The van der Waals surface area contributed by atoms with Crippen molar-refractivity contribution < 1.29 is 31.1 Å². The number of carbonyl (C=O) groups is 1. The molecule has 15 heteroatoms. The summed E-state index contributed by atoms with van der Waals surface area (Å²) < 4.78 is 72.6. The Hall–Kier alpha value is -4.53. The van der Waals surface area contributed by atoms with Crippen LogP contribution in [0.1, 0.15) is 34.6 Å². The monoisotopic (exact) mass is 563 g/mol. The van der Waals surface area contributed by atoms with Crippen LogP contribution in [0.5, 0.6) is 5.75 Å². The highest BCUT2D eigenvalue weighted by Crippen LogP contribution is 2.37. The number of anilines is 3. The summed E-state index contributed by atoms with van der Waals surface area (Å²) in [6.07, 6.45) is 0.931. The second-order valence-corrected chi connectivity index (χ2v) is 10.2. The molecule has 0 saturated heterocycles. The number of hydrogen-bond donors (Lipinski definition) is 4. The van der Waals surface area contributed by atoms with Gasteiger partial charge in [0, 0.05) is 18.8 Å². The van der Waals surface area contributed by atoms with Crippen LogP contribution in [-0.2, 0) is 17.1 Å². The van der Waals surface area contributed by atoms with E-state index in [1.54, 1.807) is 31.8 Å². The number of aromatic nitrogens is 4. The maximum Gasteiger partial charge on any atom is 0.355 e. The minimum Gasteiger partial charge on any atom is -0.484 e. The molecule has 0 bridgehead atoms. The average Bonchev–Trinajstić information content (AvgIpc) is 3.42. The highest BCUT2D eigenvalue weighted by atomic mass is 32.2. The van der Waals surface area contributed by atoms with Crippen molar-refractivity contribution >= 4 is 33.1 Å². The third kappa shape index (κ3) is 5.98. The van der Waals surface area contributed by atoms with Gasteiger partial charge >= 0.3 is 5.76 Å². The first-order valence-corrected chi connectivity index (χ1v) is 12.9. The molecule has 1 atom stereocenters. The average molecular weight is 564 g/mol. The fourth-order valence-corrected chi connectivity index (χ4v) is 4.35. The quantitative estimate of drug-likeness (QED) is 0.225. The summed E-state index contributed by atoms with van der Waals surface area (Å²) in [5.41, 5.74) is 7.54. The Morgan fingerprint density at radius 1 is 1.15 bits per heavy atom. The molecule has 5 N–H and O–H groups in total. The van der Waals surface area contributed by atoms with Crippen molar-refractivity contribution in [2.24, 2.45) is 12.8 Å².